The number of carbonyl (C=O) groups excluding carboxylic acids is 2. The molecule has 0 saturated heterocycles. The molecule has 2 rings (SSSR count). The van der Waals surface area contributed by atoms with Crippen molar-refractivity contribution in [2.45, 2.75) is 85.2 Å². The average molecular weight is 464 g/mol. The van der Waals surface area contributed by atoms with Gasteiger partial charge in [0.05, 0.1) is 0 Å². The third kappa shape index (κ3) is 8.31. The van der Waals surface area contributed by atoms with E-state index < -0.39 is 24.1 Å². The highest BCUT2D eigenvalue weighted by atomic mass is 16.8. The lowest BCUT2D eigenvalue weighted by Crippen LogP contribution is -2.47. The van der Waals surface area contributed by atoms with E-state index in [1.165, 1.54) is 18.9 Å². The van der Waals surface area contributed by atoms with Gasteiger partial charge in [-0.3, -0.25) is 0 Å². The number of hydrogen-bond acceptors (Lipinski definition) is 6. The second-order valence-electron chi connectivity index (χ2n) is 9.31. The zero-order valence-electron chi connectivity index (χ0n) is 20.9. The van der Waals surface area contributed by atoms with Crippen LogP contribution in [-0.2, 0) is 30.2 Å². The Morgan fingerprint density at radius 3 is 2.15 bits per heavy atom. The highest BCUT2D eigenvalue weighted by Crippen LogP contribution is 2.38. The molecule has 0 heterocycles. The fourth-order valence-electron chi connectivity index (χ4n) is 4.37. The van der Waals surface area contributed by atoms with Crippen LogP contribution < -0.4 is 5.32 Å². The maximum Gasteiger partial charge on any atom is 0.410 e. The number of rotatable bonds is 12. The predicted molar refractivity (Wildman–Crippen MR) is 127 cm³/mol. The largest absolute Gasteiger partial charge is 0.421 e. The predicted octanol–water partition coefficient (Wildman–Crippen LogP) is 5.22. The summed E-state index contributed by atoms with van der Waals surface area (Å²) in [5.74, 6) is -2.50. The Morgan fingerprint density at radius 1 is 1.00 bits per heavy atom. The molecular weight excluding hydrogens is 422 g/mol. The van der Waals surface area contributed by atoms with Crippen molar-refractivity contribution in [1.82, 2.24) is 5.32 Å². The van der Waals surface area contributed by atoms with Crippen molar-refractivity contribution in [3.8, 4) is 0 Å². The molecule has 0 aliphatic heterocycles. The van der Waals surface area contributed by atoms with Gasteiger partial charge in [-0.05, 0) is 44.1 Å². The second kappa shape index (κ2) is 12.9. The monoisotopic (exact) mass is 463 g/mol. The Balaban J connectivity index is 1.99. The van der Waals surface area contributed by atoms with Gasteiger partial charge in [-0.2, -0.15) is 0 Å². The highest BCUT2D eigenvalue weighted by molar-refractivity contribution is 5.77. The van der Waals surface area contributed by atoms with Gasteiger partial charge in [0.15, 0.2) is 0 Å². The minimum Gasteiger partial charge on any atom is -0.421 e. The fourth-order valence-corrected chi connectivity index (χ4v) is 4.37. The summed E-state index contributed by atoms with van der Waals surface area (Å²) in [5, 5.41) is 2.95. The summed E-state index contributed by atoms with van der Waals surface area (Å²) in [6.07, 6.45) is 4.94. The van der Waals surface area contributed by atoms with E-state index in [1.807, 2.05) is 32.0 Å². The molecule has 1 atom stereocenters. The number of hydrogen-bond donors (Lipinski definition) is 1. The average Bonchev–Trinajstić information content (AvgIpc) is 2.79. The molecule has 1 amide bonds. The van der Waals surface area contributed by atoms with Crippen molar-refractivity contribution in [3.63, 3.8) is 0 Å². The Bertz CT molecular complexity index is 724. The first-order valence-corrected chi connectivity index (χ1v) is 12.2. The summed E-state index contributed by atoms with van der Waals surface area (Å²) >= 11 is 0. The molecule has 1 fully saturated rings. The van der Waals surface area contributed by atoms with Gasteiger partial charge in [-0.1, -0.05) is 63.4 Å². The summed E-state index contributed by atoms with van der Waals surface area (Å²) in [5.41, 5.74) is 1.28. The molecule has 186 valence electrons. The first kappa shape index (κ1) is 27.1. The molecule has 1 aromatic carbocycles. The van der Waals surface area contributed by atoms with E-state index in [0.29, 0.717) is 6.54 Å². The molecule has 1 N–H and O–H groups in total. The Hall–Kier alpha value is -2.12. The van der Waals surface area contributed by atoms with Crippen LogP contribution in [0.25, 0.3) is 0 Å². The molecule has 1 aromatic rings. The topological polar surface area (TPSA) is 83.1 Å². The molecule has 0 radical (unpaired) electrons. The Kier molecular flexibility index (Phi) is 10.6. The number of nitrogens with one attached hydrogen (secondary N) is 1. The van der Waals surface area contributed by atoms with Gasteiger partial charge in [0, 0.05) is 32.6 Å². The number of esters is 1. The SMILES string of the molecule is CCOC(C)(OCC)C(=O)OC(OC(=O)NCC1(Cc2ccccc2)CCCCC1)C(C)C. The van der Waals surface area contributed by atoms with E-state index in [1.54, 1.807) is 13.8 Å². The fraction of sp³-hybridized carbons (Fsp3) is 0.692. The van der Waals surface area contributed by atoms with E-state index in [4.69, 9.17) is 18.9 Å². The zero-order chi connectivity index (χ0) is 24.3. The first-order chi connectivity index (χ1) is 15.7. The van der Waals surface area contributed by atoms with Crippen LogP contribution in [0.3, 0.4) is 0 Å². The molecule has 1 saturated carbocycles. The Labute approximate surface area is 198 Å². The molecule has 1 aliphatic carbocycles. The van der Waals surface area contributed by atoms with Gasteiger partial charge in [-0.25, -0.2) is 9.59 Å². The van der Waals surface area contributed by atoms with E-state index in [2.05, 4.69) is 17.4 Å². The van der Waals surface area contributed by atoms with Crippen molar-refractivity contribution in [2.75, 3.05) is 19.8 Å². The number of carbonyl (C=O) groups is 2. The summed E-state index contributed by atoms with van der Waals surface area (Å²) in [4.78, 5) is 25.4. The van der Waals surface area contributed by atoms with Crippen molar-refractivity contribution in [2.24, 2.45) is 11.3 Å². The van der Waals surface area contributed by atoms with E-state index in [-0.39, 0.29) is 24.5 Å². The van der Waals surface area contributed by atoms with Crippen LogP contribution in [0.4, 0.5) is 4.79 Å². The highest BCUT2D eigenvalue weighted by Gasteiger charge is 2.40. The normalized spacial score (nSPS) is 16.8. The molecule has 0 aromatic heterocycles. The lowest BCUT2D eigenvalue weighted by atomic mass is 9.70. The number of benzene rings is 1. The van der Waals surface area contributed by atoms with Gasteiger partial charge in [0.1, 0.15) is 0 Å². The van der Waals surface area contributed by atoms with E-state index in [0.717, 1.165) is 32.1 Å². The molecule has 0 bridgehead atoms. The molecule has 7 heteroatoms. The quantitative estimate of drug-likeness (QED) is 0.338. The van der Waals surface area contributed by atoms with Crippen LogP contribution in [0.2, 0.25) is 0 Å². The third-order valence-electron chi connectivity index (χ3n) is 6.14. The van der Waals surface area contributed by atoms with Crippen LogP contribution in [0.1, 0.15) is 72.3 Å². The van der Waals surface area contributed by atoms with Crippen LogP contribution in [-0.4, -0.2) is 43.9 Å². The van der Waals surface area contributed by atoms with Crippen LogP contribution in [0.15, 0.2) is 30.3 Å². The molecular formula is C26H41NO6. The molecule has 0 spiro atoms. The summed E-state index contributed by atoms with van der Waals surface area (Å²) in [6, 6.07) is 10.4. The van der Waals surface area contributed by atoms with Crippen LogP contribution in [0, 0.1) is 11.3 Å². The van der Waals surface area contributed by atoms with Crippen molar-refractivity contribution >= 4 is 12.1 Å². The number of alkyl carbamates (subject to hydrolysis) is 1. The first-order valence-electron chi connectivity index (χ1n) is 12.2. The number of ether oxygens (including phenoxy) is 4. The summed E-state index contributed by atoms with van der Waals surface area (Å²) in [6.45, 7) is 9.77. The second-order valence-corrected chi connectivity index (χ2v) is 9.31. The number of amides is 1. The smallest absolute Gasteiger partial charge is 0.410 e. The zero-order valence-corrected chi connectivity index (χ0v) is 20.9. The molecule has 7 nitrogen and oxygen atoms in total. The van der Waals surface area contributed by atoms with Crippen molar-refractivity contribution in [1.29, 1.82) is 0 Å². The standard InChI is InChI=1S/C26H41NO6/c1-6-30-25(5,31-7-2)23(28)32-22(20(3)4)33-24(29)27-19-26(16-12-9-13-17-26)18-21-14-10-8-11-15-21/h8,10-11,14-15,20,22H,6-7,9,12-13,16-19H2,1-5H3,(H,27,29). The Morgan fingerprint density at radius 2 is 1.61 bits per heavy atom. The minimum atomic E-state index is -1.54. The van der Waals surface area contributed by atoms with Gasteiger partial charge < -0.3 is 24.3 Å². The van der Waals surface area contributed by atoms with Crippen LogP contribution >= 0.6 is 0 Å². The lowest BCUT2D eigenvalue weighted by Gasteiger charge is -2.38. The minimum absolute atomic E-state index is 0.00509. The molecule has 1 aliphatic rings. The third-order valence-corrected chi connectivity index (χ3v) is 6.14. The van der Waals surface area contributed by atoms with Gasteiger partial charge >= 0.3 is 12.1 Å². The summed E-state index contributed by atoms with van der Waals surface area (Å²) in [7, 11) is 0. The summed E-state index contributed by atoms with van der Waals surface area (Å²) < 4.78 is 21.9. The lowest BCUT2D eigenvalue weighted by molar-refractivity contribution is -0.253. The maximum atomic E-state index is 12.7. The molecule has 33 heavy (non-hydrogen) atoms. The van der Waals surface area contributed by atoms with Crippen LogP contribution in [0.5, 0.6) is 0 Å². The van der Waals surface area contributed by atoms with Gasteiger partial charge in [-0.15, -0.1) is 0 Å². The van der Waals surface area contributed by atoms with E-state index >= 15 is 0 Å². The van der Waals surface area contributed by atoms with E-state index in [9.17, 15) is 9.59 Å². The van der Waals surface area contributed by atoms with Crippen molar-refractivity contribution < 1.29 is 28.5 Å². The maximum absolute atomic E-state index is 12.7. The van der Waals surface area contributed by atoms with Gasteiger partial charge in [0.25, 0.3) is 12.1 Å². The van der Waals surface area contributed by atoms with Crippen molar-refractivity contribution in [3.05, 3.63) is 35.9 Å². The van der Waals surface area contributed by atoms with Gasteiger partial charge in [0.2, 0.25) is 0 Å². The molecule has 1 unspecified atom stereocenters.